The molecule has 2 aromatic rings. The van der Waals surface area contributed by atoms with Gasteiger partial charge in [0.1, 0.15) is 5.70 Å². The van der Waals surface area contributed by atoms with Crippen molar-refractivity contribution in [1.82, 2.24) is 5.32 Å². The van der Waals surface area contributed by atoms with E-state index in [1.807, 2.05) is 13.0 Å². The first-order valence-corrected chi connectivity index (χ1v) is 8.77. The van der Waals surface area contributed by atoms with Gasteiger partial charge >= 0.3 is 6.03 Å². The van der Waals surface area contributed by atoms with Crippen LogP contribution in [0.2, 0.25) is 0 Å². The molecule has 0 unspecified atom stereocenters. The number of anilines is 1. The van der Waals surface area contributed by atoms with Gasteiger partial charge in [-0.15, -0.1) is 0 Å². The number of carbonyl (C=O) groups is 2. The number of urea groups is 1. The number of ether oxygens (including phenoxy) is 2. The standard InChI is InChI=1S/C19H17BrN2O4/c1-3-26-17-10-12(14(20)11-16(17)25-2)9-15-18(23)22(19(24)21-15)13-7-5-4-6-8-13/h4-11H,3H2,1-2H3,(H,21,24)/b15-9+. The first-order chi connectivity index (χ1) is 12.5. The van der Waals surface area contributed by atoms with E-state index in [1.54, 1.807) is 49.6 Å². The summed E-state index contributed by atoms with van der Waals surface area (Å²) in [5, 5.41) is 2.61. The molecule has 26 heavy (non-hydrogen) atoms. The van der Waals surface area contributed by atoms with Gasteiger partial charge in [0.05, 0.1) is 19.4 Å². The molecule has 1 saturated heterocycles. The van der Waals surface area contributed by atoms with Gasteiger partial charge in [-0.1, -0.05) is 34.1 Å². The van der Waals surface area contributed by atoms with Crippen molar-refractivity contribution in [1.29, 1.82) is 0 Å². The fourth-order valence-corrected chi connectivity index (χ4v) is 3.03. The van der Waals surface area contributed by atoms with Gasteiger partial charge in [0.15, 0.2) is 11.5 Å². The van der Waals surface area contributed by atoms with Crippen LogP contribution in [0, 0.1) is 0 Å². The van der Waals surface area contributed by atoms with E-state index < -0.39 is 11.9 Å². The molecule has 134 valence electrons. The molecule has 0 spiro atoms. The minimum Gasteiger partial charge on any atom is -0.493 e. The van der Waals surface area contributed by atoms with E-state index in [2.05, 4.69) is 21.2 Å². The highest BCUT2D eigenvalue weighted by Crippen LogP contribution is 2.35. The van der Waals surface area contributed by atoms with Crippen molar-refractivity contribution in [2.75, 3.05) is 18.6 Å². The Morgan fingerprint density at radius 2 is 1.88 bits per heavy atom. The zero-order valence-corrected chi connectivity index (χ0v) is 15.9. The van der Waals surface area contributed by atoms with Crippen molar-refractivity contribution in [2.45, 2.75) is 6.92 Å². The minimum atomic E-state index is -0.484. The van der Waals surface area contributed by atoms with Crippen LogP contribution in [0.4, 0.5) is 10.5 Å². The van der Waals surface area contributed by atoms with Crippen molar-refractivity contribution in [3.05, 3.63) is 58.2 Å². The van der Waals surface area contributed by atoms with Crippen LogP contribution in [0.15, 0.2) is 52.6 Å². The zero-order valence-electron chi connectivity index (χ0n) is 14.3. The molecule has 3 rings (SSSR count). The molecule has 1 aliphatic heterocycles. The Morgan fingerprint density at radius 1 is 1.15 bits per heavy atom. The second-order valence-corrected chi connectivity index (χ2v) is 6.28. The summed E-state index contributed by atoms with van der Waals surface area (Å²) in [6.45, 7) is 2.35. The Kier molecular flexibility index (Phi) is 5.27. The molecule has 1 aliphatic rings. The summed E-state index contributed by atoms with van der Waals surface area (Å²) in [6, 6.07) is 11.8. The summed E-state index contributed by atoms with van der Waals surface area (Å²) in [5.74, 6) is 0.720. The molecule has 6 nitrogen and oxygen atoms in total. The third kappa shape index (κ3) is 3.43. The van der Waals surface area contributed by atoms with Crippen LogP contribution in [0.3, 0.4) is 0 Å². The fourth-order valence-electron chi connectivity index (χ4n) is 2.59. The SMILES string of the molecule is CCOc1cc(/C=C2/NC(=O)N(c3ccccc3)C2=O)c(Br)cc1OC. The molecule has 3 amide bonds. The molecular formula is C19H17BrN2O4. The molecule has 0 saturated carbocycles. The highest BCUT2D eigenvalue weighted by molar-refractivity contribution is 9.10. The number of benzene rings is 2. The summed E-state index contributed by atoms with van der Waals surface area (Å²) in [6.07, 6.45) is 1.61. The monoisotopic (exact) mass is 416 g/mol. The van der Waals surface area contributed by atoms with Crippen molar-refractivity contribution >= 4 is 39.6 Å². The maximum atomic E-state index is 12.7. The van der Waals surface area contributed by atoms with Crippen molar-refractivity contribution in [2.24, 2.45) is 0 Å². The van der Waals surface area contributed by atoms with Gasteiger partial charge in [0.25, 0.3) is 5.91 Å². The lowest BCUT2D eigenvalue weighted by Gasteiger charge is -2.12. The molecule has 0 bridgehead atoms. The average molecular weight is 417 g/mol. The molecule has 7 heteroatoms. The quantitative estimate of drug-likeness (QED) is 0.591. The van der Waals surface area contributed by atoms with Crippen molar-refractivity contribution in [3.8, 4) is 11.5 Å². The number of hydrogen-bond acceptors (Lipinski definition) is 4. The van der Waals surface area contributed by atoms with Crippen molar-refractivity contribution < 1.29 is 19.1 Å². The lowest BCUT2D eigenvalue weighted by molar-refractivity contribution is -0.113. The normalized spacial score (nSPS) is 15.3. The highest BCUT2D eigenvalue weighted by Gasteiger charge is 2.34. The summed E-state index contributed by atoms with van der Waals surface area (Å²) < 4.78 is 11.6. The largest absolute Gasteiger partial charge is 0.493 e. The van der Waals surface area contributed by atoms with Crippen LogP contribution in [0.5, 0.6) is 11.5 Å². The number of imide groups is 1. The smallest absolute Gasteiger partial charge is 0.333 e. The maximum Gasteiger partial charge on any atom is 0.333 e. The minimum absolute atomic E-state index is 0.187. The highest BCUT2D eigenvalue weighted by atomic mass is 79.9. The predicted molar refractivity (Wildman–Crippen MR) is 102 cm³/mol. The number of nitrogens with one attached hydrogen (secondary N) is 1. The summed E-state index contributed by atoms with van der Waals surface area (Å²) in [4.78, 5) is 26.0. The Bertz CT molecular complexity index is 881. The predicted octanol–water partition coefficient (Wildman–Crippen LogP) is 3.95. The van der Waals surface area contributed by atoms with Crippen LogP contribution < -0.4 is 19.7 Å². The van der Waals surface area contributed by atoms with Crippen LogP contribution in [0.1, 0.15) is 12.5 Å². The first-order valence-electron chi connectivity index (χ1n) is 7.97. The van der Waals surface area contributed by atoms with Crippen LogP contribution in [-0.4, -0.2) is 25.7 Å². The summed E-state index contributed by atoms with van der Waals surface area (Å²) >= 11 is 3.46. The maximum absolute atomic E-state index is 12.7. The fraction of sp³-hybridized carbons (Fsp3) is 0.158. The average Bonchev–Trinajstić information content (AvgIpc) is 2.92. The number of amides is 3. The van der Waals surface area contributed by atoms with E-state index in [9.17, 15) is 9.59 Å². The number of rotatable bonds is 5. The Morgan fingerprint density at radius 3 is 2.54 bits per heavy atom. The number of carbonyl (C=O) groups excluding carboxylic acids is 2. The van der Waals surface area contributed by atoms with E-state index in [-0.39, 0.29) is 5.70 Å². The lowest BCUT2D eigenvalue weighted by Crippen LogP contribution is -2.30. The topological polar surface area (TPSA) is 67.9 Å². The third-order valence-corrected chi connectivity index (χ3v) is 4.46. The molecule has 2 aromatic carbocycles. The molecular weight excluding hydrogens is 400 g/mol. The molecule has 0 aliphatic carbocycles. The molecule has 0 atom stereocenters. The third-order valence-electron chi connectivity index (χ3n) is 3.78. The molecule has 0 aromatic heterocycles. The zero-order chi connectivity index (χ0) is 18.7. The van der Waals surface area contributed by atoms with Crippen LogP contribution >= 0.6 is 15.9 Å². The van der Waals surface area contributed by atoms with Gasteiger partial charge in [-0.3, -0.25) is 4.79 Å². The summed E-state index contributed by atoms with van der Waals surface area (Å²) in [7, 11) is 1.56. The van der Waals surface area contributed by atoms with E-state index in [0.717, 1.165) is 4.90 Å². The van der Waals surface area contributed by atoms with Gasteiger partial charge in [-0.25, -0.2) is 9.69 Å². The molecule has 0 radical (unpaired) electrons. The number of halogens is 1. The van der Waals surface area contributed by atoms with Crippen molar-refractivity contribution in [3.63, 3.8) is 0 Å². The number of hydrogen-bond donors (Lipinski definition) is 1. The Hall–Kier alpha value is -2.80. The second kappa shape index (κ2) is 7.61. The van der Waals surface area contributed by atoms with Gasteiger partial charge in [0.2, 0.25) is 0 Å². The van der Waals surface area contributed by atoms with Gasteiger partial charge in [-0.2, -0.15) is 0 Å². The van der Waals surface area contributed by atoms with Gasteiger partial charge in [0, 0.05) is 4.47 Å². The van der Waals surface area contributed by atoms with E-state index in [1.165, 1.54) is 0 Å². The molecule has 1 fully saturated rings. The van der Waals surface area contributed by atoms with Gasteiger partial charge < -0.3 is 14.8 Å². The number of para-hydroxylation sites is 1. The molecule has 1 N–H and O–H groups in total. The van der Waals surface area contributed by atoms with E-state index in [4.69, 9.17) is 9.47 Å². The molecule has 1 heterocycles. The Labute approximate surface area is 159 Å². The number of methoxy groups -OCH3 is 1. The second-order valence-electron chi connectivity index (χ2n) is 5.42. The van der Waals surface area contributed by atoms with E-state index in [0.29, 0.717) is 33.8 Å². The summed E-state index contributed by atoms with van der Waals surface area (Å²) in [5.41, 5.74) is 1.39. The van der Waals surface area contributed by atoms with Crippen LogP contribution in [0.25, 0.3) is 6.08 Å². The first kappa shape index (κ1) is 18.0. The number of nitrogens with zero attached hydrogens (tertiary/aromatic N) is 1. The van der Waals surface area contributed by atoms with Crippen LogP contribution in [-0.2, 0) is 4.79 Å². The Balaban J connectivity index is 1.97. The lowest BCUT2D eigenvalue weighted by atomic mass is 10.1. The van der Waals surface area contributed by atoms with Gasteiger partial charge in [-0.05, 0) is 42.8 Å². The van der Waals surface area contributed by atoms with E-state index >= 15 is 0 Å².